The van der Waals surface area contributed by atoms with Crippen LogP contribution in [-0.4, -0.2) is 11.1 Å². The fourth-order valence-corrected chi connectivity index (χ4v) is 2.53. The summed E-state index contributed by atoms with van der Waals surface area (Å²) >= 11 is 3.03. The van der Waals surface area contributed by atoms with Gasteiger partial charge < -0.3 is 4.74 Å². The van der Waals surface area contributed by atoms with E-state index in [9.17, 15) is 13.2 Å². The summed E-state index contributed by atoms with van der Waals surface area (Å²) in [5, 5.41) is 0. The van der Waals surface area contributed by atoms with Gasteiger partial charge in [0.25, 0.3) is 0 Å². The highest BCUT2D eigenvalue weighted by Gasteiger charge is 2.33. The maximum atomic E-state index is 12.4. The van der Waals surface area contributed by atoms with Crippen LogP contribution in [0.2, 0.25) is 0 Å². The Hall–Kier alpha value is -0.780. The Labute approximate surface area is 112 Å². The Morgan fingerprint density at radius 1 is 1.33 bits per heavy atom. The molecule has 1 aromatic heterocycles. The number of hydrogen-bond acceptors (Lipinski definition) is 2. The van der Waals surface area contributed by atoms with Crippen LogP contribution in [0.15, 0.2) is 16.7 Å². The highest BCUT2D eigenvalue weighted by atomic mass is 79.9. The minimum absolute atomic E-state index is 0.0786. The van der Waals surface area contributed by atoms with Crippen molar-refractivity contribution in [3.8, 4) is 5.75 Å². The summed E-state index contributed by atoms with van der Waals surface area (Å²) in [5.41, 5.74) is -0.915. The lowest BCUT2D eigenvalue weighted by atomic mass is 10.1. The average Bonchev–Trinajstić information content (AvgIpc) is 2.65. The third-order valence-electron chi connectivity index (χ3n) is 3.05. The molecule has 100 valence electrons. The topological polar surface area (TPSA) is 22.1 Å². The molecule has 2 rings (SSSR count). The first-order valence-corrected chi connectivity index (χ1v) is 6.56. The summed E-state index contributed by atoms with van der Waals surface area (Å²) in [6, 6.07) is 2.27. The van der Waals surface area contributed by atoms with Gasteiger partial charge in [-0.25, -0.2) is 4.98 Å². The lowest BCUT2D eigenvalue weighted by Gasteiger charge is -2.15. The number of rotatable bonds is 2. The minimum Gasteiger partial charge on any atom is -0.488 e. The lowest BCUT2D eigenvalue weighted by molar-refractivity contribution is -0.141. The first kappa shape index (κ1) is 13.6. The summed E-state index contributed by atoms with van der Waals surface area (Å²) in [4.78, 5) is 3.47. The van der Waals surface area contributed by atoms with Crippen LogP contribution in [0.3, 0.4) is 0 Å². The Balaban J connectivity index is 2.10. The van der Waals surface area contributed by atoms with Crippen LogP contribution in [0, 0.1) is 5.92 Å². The van der Waals surface area contributed by atoms with Gasteiger partial charge in [0.05, 0.1) is 6.10 Å². The highest BCUT2D eigenvalue weighted by Crippen LogP contribution is 2.34. The van der Waals surface area contributed by atoms with Gasteiger partial charge in [-0.1, -0.05) is 6.92 Å². The van der Waals surface area contributed by atoms with E-state index in [-0.39, 0.29) is 10.7 Å². The predicted molar refractivity (Wildman–Crippen MR) is 64.4 cm³/mol. The zero-order chi connectivity index (χ0) is 13.3. The smallest absolute Gasteiger partial charge is 0.433 e. The van der Waals surface area contributed by atoms with Gasteiger partial charge in [-0.2, -0.15) is 13.2 Å². The molecule has 0 saturated heterocycles. The van der Waals surface area contributed by atoms with Crippen LogP contribution in [0.1, 0.15) is 31.9 Å². The zero-order valence-corrected chi connectivity index (χ0v) is 11.4. The summed E-state index contributed by atoms with van der Waals surface area (Å²) < 4.78 is 43.1. The standard InChI is InChI=1S/C12H13BrF3NO/c1-7-2-3-8(6-7)18-9-4-5-10(12(14,15)16)17-11(9)13/h4-5,7-8H,2-3,6H2,1H3/t7-,8+/m0/s1. The van der Waals surface area contributed by atoms with Crippen molar-refractivity contribution in [2.45, 2.75) is 38.5 Å². The van der Waals surface area contributed by atoms with Crippen molar-refractivity contribution in [1.29, 1.82) is 0 Å². The van der Waals surface area contributed by atoms with E-state index in [0.717, 1.165) is 25.3 Å². The molecule has 18 heavy (non-hydrogen) atoms. The van der Waals surface area contributed by atoms with E-state index in [1.54, 1.807) is 0 Å². The second kappa shape index (κ2) is 5.07. The molecule has 1 heterocycles. The van der Waals surface area contributed by atoms with Crippen LogP contribution >= 0.6 is 15.9 Å². The van der Waals surface area contributed by atoms with Gasteiger partial charge >= 0.3 is 6.18 Å². The number of halogens is 4. The van der Waals surface area contributed by atoms with E-state index < -0.39 is 11.9 Å². The van der Waals surface area contributed by atoms with Gasteiger partial charge in [0, 0.05) is 0 Å². The number of hydrogen-bond donors (Lipinski definition) is 0. The summed E-state index contributed by atoms with van der Waals surface area (Å²) in [5.74, 6) is 0.985. The molecule has 1 fully saturated rings. The first-order chi connectivity index (χ1) is 8.36. The first-order valence-electron chi connectivity index (χ1n) is 5.76. The average molecular weight is 324 g/mol. The normalized spacial score (nSPS) is 24.3. The largest absolute Gasteiger partial charge is 0.488 e. The summed E-state index contributed by atoms with van der Waals surface area (Å²) in [6.07, 6.45) is -1.38. The molecule has 0 radical (unpaired) electrons. The van der Waals surface area contributed by atoms with E-state index in [1.807, 2.05) is 0 Å². The molecule has 1 aromatic rings. The van der Waals surface area contributed by atoms with Gasteiger partial charge in [0.1, 0.15) is 10.3 Å². The van der Waals surface area contributed by atoms with Crippen molar-refractivity contribution < 1.29 is 17.9 Å². The molecule has 6 heteroatoms. The van der Waals surface area contributed by atoms with Gasteiger partial charge in [0.2, 0.25) is 0 Å². The number of pyridine rings is 1. The highest BCUT2D eigenvalue weighted by molar-refractivity contribution is 9.10. The molecular weight excluding hydrogens is 311 g/mol. The maximum Gasteiger partial charge on any atom is 0.433 e. The van der Waals surface area contributed by atoms with Crippen molar-refractivity contribution >= 4 is 15.9 Å². The van der Waals surface area contributed by atoms with Gasteiger partial charge in [-0.3, -0.25) is 0 Å². The second-order valence-electron chi connectivity index (χ2n) is 4.64. The lowest BCUT2D eigenvalue weighted by Crippen LogP contribution is -2.14. The van der Waals surface area contributed by atoms with Gasteiger partial charge in [-0.05, 0) is 53.2 Å². The number of alkyl halides is 3. The van der Waals surface area contributed by atoms with E-state index in [0.29, 0.717) is 11.7 Å². The van der Waals surface area contributed by atoms with Crippen molar-refractivity contribution in [3.63, 3.8) is 0 Å². The zero-order valence-electron chi connectivity index (χ0n) is 9.80. The minimum atomic E-state index is -4.43. The molecule has 1 aliphatic rings. The van der Waals surface area contributed by atoms with Crippen LogP contribution in [0.25, 0.3) is 0 Å². The quantitative estimate of drug-likeness (QED) is 0.751. The van der Waals surface area contributed by atoms with Crippen LogP contribution < -0.4 is 4.74 Å². The maximum absolute atomic E-state index is 12.4. The fourth-order valence-electron chi connectivity index (χ4n) is 2.11. The fraction of sp³-hybridized carbons (Fsp3) is 0.583. The summed E-state index contributed by atoms with van der Waals surface area (Å²) in [7, 11) is 0. The van der Waals surface area contributed by atoms with Crippen molar-refractivity contribution in [2.75, 3.05) is 0 Å². The Morgan fingerprint density at radius 2 is 2.06 bits per heavy atom. The number of aromatic nitrogens is 1. The van der Waals surface area contributed by atoms with Crippen molar-refractivity contribution in [2.24, 2.45) is 5.92 Å². The number of nitrogens with zero attached hydrogens (tertiary/aromatic N) is 1. The molecule has 0 bridgehead atoms. The second-order valence-corrected chi connectivity index (χ2v) is 5.39. The van der Waals surface area contributed by atoms with E-state index in [4.69, 9.17) is 4.74 Å². The molecule has 0 unspecified atom stereocenters. The van der Waals surface area contributed by atoms with Gasteiger partial charge in [0.15, 0.2) is 5.75 Å². The predicted octanol–water partition coefficient (Wildman–Crippen LogP) is 4.43. The Morgan fingerprint density at radius 3 is 2.56 bits per heavy atom. The van der Waals surface area contributed by atoms with E-state index in [2.05, 4.69) is 27.8 Å². The monoisotopic (exact) mass is 323 g/mol. The molecule has 2 atom stereocenters. The molecule has 0 aromatic carbocycles. The van der Waals surface area contributed by atoms with Crippen LogP contribution in [-0.2, 0) is 6.18 Å². The molecular formula is C12H13BrF3NO. The van der Waals surface area contributed by atoms with Crippen molar-refractivity contribution in [3.05, 3.63) is 22.4 Å². The number of ether oxygens (including phenoxy) is 1. The molecule has 0 spiro atoms. The summed E-state index contributed by atoms with van der Waals surface area (Å²) in [6.45, 7) is 2.14. The van der Waals surface area contributed by atoms with E-state index in [1.165, 1.54) is 6.07 Å². The molecule has 2 nitrogen and oxygen atoms in total. The molecule has 1 aliphatic carbocycles. The van der Waals surface area contributed by atoms with Gasteiger partial charge in [-0.15, -0.1) is 0 Å². The third-order valence-corrected chi connectivity index (χ3v) is 3.61. The molecule has 1 saturated carbocycles. The molecule has 0 amide bonds. The van der Waals surface area contributed by atoms with Crippen molar-refractivity contribution in [1.82, 2.24) is 4.98 Å². The van der Waals surface area contributed by atoms with Crippen LogP contribution in [0.5, 0.6) is 5.75 Å². The Kier molecular flexibility index (Phi) is 3.84. The van der Waals surface area contributed by atoms with E-state index >= 15 is 0 Å². The molecule has 0 N–H and O–H groups in total. The molecule has 0 aliphatic heterocycles. The third kappa shape index (κ3) is 3.16. The van der Waals surface area contributed by atoms with Crippen LogP contribution in [0.4, 0.5) is 13.2 Å². The Bertz CT molecular complexity index is 436. The SMILES string of the molecule is C[C@H]1CC[C@@H](Oc2ccc(C(F)(F)F)nc2Br)C1.